The van der Waals surface area contributed by atoms with Gasteiger partial charge in [-0.25, -0.2) is 0 Å². The third-order valence-corrected chi connectivity index (χ3v) is 5.99. The second-order valence-electron chi connectivity index (χ2n) is 7.96. The molecule has 32 heavy (non-hydrogen) atoms. The van der Waals surface area contributed by atoms with Gasteiger partial charge >= 0.3 is 0 Å². The second-order valence-corrected chi connectivity index (χ2v) is 8.74. The molecule has 1 aromatic carbocycles. The summed E-state index contributed by atoms with van der Waals surface area (Å²) in [5.74, 6) is 1.20. The van der Waals surface area contributed by atoms with Gasteiger partial charge in [0.1, 0.15) is 0 Å². The molecule has 0 unspecified atom stereocenters. The third-order valence-electron chi connectivity index (χ3n) is 5.31. The lowest BCUT2D eigenvalue weighted by Crippen LogP contribution is -2.26. The third kappa shape index (κ3) is 4.90. The zero-order valence-corrected chi connectivity index (χ0v) is 19.0. The Morgan fingerprint density at radius 3 is 2.53 bits per heavy atom. The molecule has 0 amide bonds. The van der Waals surface area contributed by atoms with Crippen molar-refractivity contribution in [3.8, 4) is 11.1 Å². The first-order chi connectivity index (χ1) is 15.6. The maximum atomic E-state index is 9.59. The fraction of sp³-hybridized carbons (Fsp3) is 0.348. The summed E-state index contributed by atoms with van der Waals surface area (Å²) in [6, 6.07) is 10.2. The molecule has 1 atom stereocenters. The first-order valence-electron chi connectivity index (χ1n) is 10.7. The molecular weight excluding hydrogens is 424 g/mol. The number of hydrogen-bond acceptors (Lipinski definition) is 8. The van der Waals surface area contributed by atoms with Gasteiger partial charge in [-0.1, -0.05) is 38.1 Å². The SMILES string of the molecule is CC(C)c1cnn2c(NCc3ccc(-c4ccsc4)cc3)nc(N[C@@H](CO)CCO)nc12. The Labute approximate surface area is 191 Å². The molecule has 0 saturated heterocycles. The Bertz CT molecular complexity index is 1140. The lowest BCUT2D eigenvalue weighted by molar-refractivity contribution is 0.228. The molecule has 4 N–H and O–H groups in total. The van der Waals surface area contributed by atoms with Gasteiger partial charge in [0, 0.05) is 18.7 Å². The maximum Gasteiger partial charge on any atom is 0.229 e. The molecule has 8 nitrogen and oxygen atoms in total. The summed E-state index contributed by atoms with van der Waals surface area (Å²) >= 11 is 1.69. The smallest absolute Gasteiger partial charge is 0.229 e. The lowest BCUT2D eigenvalue weighted by Gasteiger charge is -2.16. The zero-order chi connectivity index (χ0) is 22.5. The van der Waals surface area contributed by atoms with Gasteiger partial charge in [0.2, 0.25) is 11.9 Å². The predicted octanol–water partition coefficient (Wildman–Crippen LogP) is 3.74. The number of aliphatic hydroxyl groups excluding tert-OH is 2. The van der Waals surface area contributed by atoms with E-state index in [1.54, 1.807) is 15.9 Å². The van der Waals surface area contributed by atoms with E-state index >= 15 is 0 Å². The molecule has 0 spiro atoms. The Morgan fingerprint density at radius 1 is 1.06 bits per heavy atom. The summed E-state index contributed by atoms with van der Waals surface area (Å²) in [7, 11) is 0. The van der Waals surface area contributed by atoms with Gasteiger partial charge in [0.25, 0.3) is 0 Å². The van der Waals surface area contributed by atoms with Crippen LogP contribution < -0.4 is 10.6 Å². The fourth-order valence-electron chi connectivity index (χ4n) is 3.45. The summed E-state index contributed by atoms with van der Waals surface area (Å²) in [6.45, 7) is 4.61. The van der Waals surface area contributed by atoms with E-state index in [9.17, 15) is 10.2 Å². The summed E-state index contributed by atoms with van der Waals surface area (Å²) < 4.78 is 1.71. The van der Waals surface area contributed by atoms with E-state index in [2.05, 4.69) is 80.6 Å². The average Bonchev–Trinajstić information content (AvgIpc) is 3.48. The molecule has 3 heterocycles. The first-order valence-corrected chi connectivity index (χ1v) is 11.6. The van der Waals surface area contributed by atoms with E-state index in [1.807, 2.05) is 6.20 Å². The lowest BCUT2D eigenvalue weighted by atomic mass is 10.1. The number of aliphatic hydroxyl groups is 2. The molecule has 0 fully saturated rings. The van der Waals surface area contributed by atoms with Crippen LogP contribution in [0.25, 0.3) is 16.8 Å². The van der Waals surface area contributed by atoms with Gasteiger partial charge in [-0.2, -0.15) is 30.9 Å². The number of fused-ring (bicyclic) bond motifs is 1. The van der Waals surface area contributed by atoms with Crippen LogP contribution in [-0.2, 0) is 6.54 Å². The molecule has 0 saturated carbocycles. The molecule has 0 aliphatic carbocycles. The van der Waals surface area contributed by atoms with Crippen LogP contribution in [0.4, 0.5) is 11.9 Å². The van der Waals surface area contributed by atoms with Gasteiger partial charge in [-0.05, 0) is 45.9 Å². The van der Waals surface area contributed by atoms with Gasteiger partial charge in [-0.3, -0.25) is 0 Å². The number of nitrogens with zero attached hydrogens (tertiary/aromatic N) is 4. The molecule has 0 aliphatic heterocycles. The van der Waals surface area contributed by atoms with E-state index in [4.69, 9.17) is 0 Å². The minimum atomic E-state index is -0.328. The van der Waals surface area contributed by atoms with E-state index in [0.29, 0.717) is 30.5 Å². The number of hydrogen-bond donors (Lipinski definition) is 4. The number of nitrogens with one attached hydrogen (secondary N) is 2. The Hall–Kier alpha value is -3.01. The summed E-state index contributed by atoms with van der Waals surface area (Å²) in [6.07, 6.45) is 2.22. The molecule has 9 heteroatoms. The van der Waals surface area contributed by atoms with Crippen molar-refractivity contribution >= 4 is 28.9 Å². The van der Waals surface area contributed by atoms with Gasteiger partial charge in [0.05, 0.1) is 18.8 Å². The molecule has 0 aliphatic rings. The number of thiophene rings is 1. The monoisotopic (exact) mass is 452 g/mol. The van der Waals surface area contributed by atoms with Crippen LogP contribution in [-0.4, -0.2) is 49.1 Å². The van der Waals surface area contributed by atoms with Crippen molar-refractivity contribution in [3.05, 3.63) is 58.4 Å². The molecule has 0 radical (unpaired) electrons. The minimum absolute atomic E-state index is 0.0309. The Balaban J connectivity index is 1.59. The predicted molar refractivity (Wildman–Crippen MR) is 128 cm³/mol. The largest absolute Gasteiger partial charge is 0.396 e. The normalized spacial score (nSPS) is 12.4. The minimum Gasteiger partial charge on any atom is -0.396 e. The Kier molecular flexibility index (Phi) is 6.99. The maximum absolute atomic E-state index is 9.59. The zero-order valence-electron chi connectivity index (χ0n) is 18.2. The van der Waals surface area contributed by atoms with E-state index in [0.717, 1.165) is 11.1 Å². The van der Waals surface area contributed by atoms with Crippen molar-refractivity contribution in [1.29, 1.82) is 0 Å². The van der Waals surface area contributed by atoms with E-state index in [1.165, 1.54) is 11.1 Å². The van der Waals surface area contributed by atoms with Crippen LogP contribution in [0, 0.1) is 0 Å². The molecule has 4 aromatic rings. The highest BCUT2D eigenvalue weighted by Gasteiger charge is 2.17. The van der Waals surface area contributed by atoms with Crippen LogP contribution in [0.1, 0.15) is 37.3 Å². The summed E-state index contributed by atoms with van der Waals surface area (Å²) in [5, 5.41) is 34.0. The van der Waals surface area contributed by atoms with Crippen molar-refractivity contribution in [3.63, 3.8) is 0 Å². The van der Waals surface area contributed by atoms with Crippen LogP contribution >= 0.6 is 11.3 Å². The van der Waals surface area contributed by atoms with Gasteiger partial charge < -0.3 is 20.8 Å². The number of anilines is 2. The van der Waals surface area contributed by atoms with Crippen molar-refractivity contribution in [1.82, 2.24) is 19.6 Å². The highest BCUT2D eigenvalue weighted by molar-refractivity contribution is 7.08. The van der Waals surface area contributed by atoms with Crippen LogP contribution in [0.2, 0.25) is 0 Å². The van der Waals surface area contributed by atoms with Gasteiger partial charge in [0.15, 0.2) is 5.65 Å². The Morgan fingerprint density at radius 2 is 1.88 bits per heavy atom. The topological polar surface area (TPSA) is 108 Å². The van der Waals surface area contributed by atoms with Gasteiger partial charge in [-0.15, -0.1) is 0 Å². The van der Waals surface area contributed by atoms with Crippen LogP contribution in [0.3, 0.4) is 0 Å². The number of benzene rings is 1. The standard InChI is InChI=1S/C23H28N6O2S/c1-15(2)20-12-25-29-21(20)27-22(26-19(13-31)7-9-30)28-23(29)24-11-16-3-5-17(6-4-16)18-8-10-32-14-18/h3-6,8,10,12,14-15,19,30-31H,7,9,11,13H2,1-2H3,(H2,24,26,27,28)/t19-/m1/s1. The van der Waals surface area contributed by atoms with Crippen LogP contribution in [0.15, 0.2) is 47.3 Å². The van der Waals surface area contributed by atoms with Crippen LogP contribution in [0.5, 0.6) is 0 Å². The molecule has 4 rings (SSSR count). The highest BCUT2D eigenvalue weighted by atomic mass is 32.1. The van der Waals surface area contributed by atoms with Crippen molar-refractivity contribution in [2.75, 3.05) is 23.8 Å². The number of aromatic nitrogens is 4. The molecular formula is C23H28N6O2S. The van der Waals surface area contributed by atoms with E-state index in [-0.39, 0.29) is 25.2 Å². The van der Waals surface area contributed by atoms with E-state index < -0.39 is 0 Å². The van der Waals surface area contributed by atoms with Crippen molar-refractivity contribution < 1.29 is 10.2 Å². The fourth-order valence-corrected chi connectivity index (χ4v) is 4.12. The number of rotatable bonds is 10. The average molecular weight is 453 g/mol. The first kappa shape index (κ1) is 22.2. The second kappa shape index (κ2) is 10.1. The molecule has 3 aromatic heterocycles. The highest BCUT2D eigenvalue weighted by Crippen LogP contribution is 2.24. The quantitative estimate of drug-likeness (QED) is 0.290. The summed E-state index contributed by atoms with van der Waals surface area (Å²) in [5.41, 5.74) is 5.27. The van der Waals surface area contributed by atoms with Crippen molar-refractivity contribution in [2.45, 2.75) is 38.8 Å². The molecule has 0 bridgehead atoms. The van der Waals surface area contributed by atoms with Crippen molar-refractivity contribution in [2.24, 2.45) is 0 Å². The molecule has 168 valence electrons. The summed E-state index contributed by atoms with van der Waals surface area (Å²) in [4.78, 5) is 9.22.